The third-order valence-electron chi connectivity index (χ3n) is 2.36. The van der Waals surface area contributed by atoms with E-state index in [0.717, 1.165) is 24.6 Å². The van der Waals surface area contributed by atoms with Crippen LogP contribution in [0.4, 0.5) is 0 Å². The number of halogens is 1. The van der Waals surface area contributed by atoms with Gasteiger partial charge in [-0.3, -0.25) is 4.79 Å². The summed E-state index contributed by atoms with van der Waals surface area (Å²) in [5.41, 5.74) is 0. The topological polar surface area (TPSA) is 26.3 Å². The minimum absolute atomic E-state index is 0.0352. The zero-order chi connectivity index (χ0) is 8.27. The number of ether oxygens (including phenoxy) is 1. The van der Waals surface area contributed by atoms with Gasteiger partial charge in [0.2, 0.25) is 0 Å². The van der Waals surface area contributed by atoms with E-state index in [1.165, 1.54) is 7.11 Å². The number of hydrogen-bond donors (Lipinski definition) is 0. The van der Waals surface area contributed by atoms with E-state index in [0.29, 0.717) is 5.92 Å². The lowest BCUT2D eigenvalue weighted by molar-refractivity contribution is -0.146. The molecular formula is C8H13BrO2. The van der Waals surface area contributed by atoms with Gasteiger partial charge >= 0.3 is 5.97 Å². The fraction of sp³-hybridized carbons (Fsp3) is 0.875. The molecule has 0 saturated heterocycles. The Labute approximate surface area is 75.4 Å². The van der Waals surface area contributed by atoms with Crippen molar-refractivity contribution in [3.05, 3.63) is 0 Å². The summed E-state index contributed by atoms with van der Waals surface area (Å²) in [4.78, 5) is 11.1. The van der Waals surface area contributed by atoms with Crippen LogP contribution in [0.5, 0.6) is 0 Å². The quantitative estimate of drug-likeness (QED) is 0.526. The van der Waals surface area contributed by atoms with Crippen molar-refractivity contribution in [1.82, 2.24) is 0 Å². The maximum absolute atomic E-state index is 11.1. The number of carbonyl (C=O) groups is 1. The number of hydrogen-bond acceptors (Lipinski definition) is 2. The first-order chi connectivity index (χ1) is 5.29. The average Bonchev–Trinajstić information content (AvgIpc) is 2.50. The summed E-state index contributed by atoms with van der Waals surface area (Å²) in [7, 11) is 1.46. The first-order valence-corrected chi connectivity index (χ1v) is 5.05. The molecule has 0 unspecified atom stereocenters. The molecule has 0 aromatic carbocycles. The van der Waals surface area contributed by atoms with E-state index in [1.807, 2.05) is 0 Å². The number of esters is 1. The van der Waals surface area contributed by atoms with Crippen LogP contribution in [0, 0.1) is 11.8 Å². The highest BCUT2D eigenvalue weighted by Crippen LogP contribution is 2.33. The van der Waals surface area contributed by atoms with Crippen LogP contribution in [0.15, 0.2) is 0 Å². The lowest BCUT2D eigenvalue weighted by Gasteiger charge is -2.13. The minimum atomic E-state index is -0.0352. The van der Waals surface area contributed by atoms with Gasteiger partial charge < -0.3 is 4.74 Å². The van der Waals surface area contributed by atoms with E-state index < -0.39 is 0 Å². The Bertz CT molecular complexity index is 147. The highest BCUT2D eigenvalue weighted by atomic mass is 79.9. The second kappa shape index (κ2) is 4.10. The van der Waals surface area contributed by atoms with E-state index >= 15 is 0 Å². The first kappa shape index (κ1) is 9.04. The molecule has 11 heavy (non-hydrogen) atoms. The molecule has 0 bridgehead atoms. The zero-order valence-corrected chi connectivity index (χ0v) is 8.26. The number of alkyl halides is 1. The third-order valence-corrected chi connectivity index (χ3v) is 3.19. The average molecular weight is 221 g/mol. The molecule has 0 N–H and O–H groups in total. The van der Waals surface area contributed by atoms with E-state index in [1.54, 1.807) is 0 Å². The van der Waals surface area contributed by atoms with Crippen LogP contribution in [-0.4, -0.2) is 18.4 Å². The molecule has 0 heterocycles. The van der Waals surface area contributed by atoms with Gasteiger partial charge in [0.25, 0.3) is 0 Å². The van der Waals surface area contributed by atoms with E-state index in [2.05, 4.69) is 15.9 Å². The Kier molecular flexibility index (Phi) is 3.37. The SMILES string of the molecule is COC(=O)[C@@H]1CCC[C@H]1CBr. The van der Waals surface area contributed by atoms with Crippen LogP contribution in [0.3, 0.4) is 0 Å². The van der Waals surface area contributed by atoms with Crippen LogP contribution in [0.25, 0.3) is 0 Å². The van der Waals surface area contributed by atoms with Crippen molar-refractivity contribution in [1.29, 1.82) is 0 Å². The Hall–Kier alpha value is -0.0500. The van der Waals surface area contributed by atoms with Gasteiger partial charge in [0.05, 0.1) is 13.0 Å². The van der Waals surface area contributed by atoms with E-state index in [-0.39, 0.29) is 11.9 Å². The maximum Gasteiger partial charge on any atom is 0.308 e. The summed E-state index contributed by atoms with van der Waals surface area (Å²) in [6, 6.07) is 0. The summed E-state index contributed by atoms with van der Waals surface area (Å²) >= 11 is 3.41. The van der Waals surface area contributed by atoms with E-state index in [9.17, 15) is 4.79 Å². The van der Waals surface area contributed by atoms with Crippen molar-refractivity contribution in [3.63, 3.8) is 0 Å². The molecular weight excluding hydrogens is 208 g/mol. The smallest absolute Gasteiger partial charge is 0.308 e. The van der Waals surface area contributed by atoms with Crippen molar-refractivity contribution in [2.75, 3.05) is 12.4 Å². The zero-order valence-electron chi connectivity index (χ0n) is 6.68. The molecule has 0 amide bonds. The molecule has 1 fully saturated rings. The molecule has 0 spiro atoms. The van der Waals surface area contributed by atoms with Gasteiger partial charge in [0, 0.05) is 5.33 Å². The Morgan fingerprint density at radius 2 is 2.36 bits per heavy atom. The summed E-state index contributed by atoms with van der Waals surface area (Å²) in [6.45, 7) is 0. The number of carbonyl (C=O) groups excluding carboxylic acids is 1. The first-order valence-electron chi connectivity index (χ1n) is 3.93. The standard InChI is InChI=1S/C8H13BrO2/c1-11-8(10)7-4-2-3-6(7)5-9/h6-7H,2-5H2,1H3/t6-,7+/m0/s1. The second-order valence-corrected chi connectivity index (χ2v) is 3.62. The maximum atomic E-state index is 11.1. The lowest BCUT2D eigenvalue weighted by Crippen LogP contribution is -2.20. The molecule has 2 nitrogen and oxygen atoms in total. The van der Waals surface area contributed by atoms with Gasteiger partial charge in [-0.25, -0.2) is 0 Å². The lowest BCUT2D eigenvalue weighted by atomic mass is 9.99. The fourth-order valence-electron chi connectivity index (χ4n) is 1.68. The molecule has 0 aromatic heterocycles. The predicted molar refractivity (Wildman–Crippen MR) is 46.6 cm³/mol. The summed E-state index contributed by atoms with van der Waals surface area (Å²) in [5, 5.41) is 0.923. The van der Waals surface area contributed by atoms with E-state index in [4.69, 9.17) is 4.74 Å². The van der Waals surface area contributed by atoms with Crippen LogP contribution < -0.4 is 0 Å². The molecule has 2 atom stereocenters. The molecule has 64 valence electrons. The van der Waals surface area contributed by atoms with Gasteiger partial charge in [-0.15, -0.1) is 0 Å². The van der Waals surface area contributed by atoms with Crippen LogP contribution in [0.2, 0.25) is 0 Å². The number of rotatable bonds is 2. The number of methoxy groups -OCH3 is 1. The molecule has 0 aliphatic heterocycles. The predicted octanol–water partition coefficient (Wildman–Crippen LogP) is 1.97. The Balaban J connectivity index is 2.49. The molecule has 1 aliphatic carbocycles. The fourth-order valence-corrected chi connectivity index (χ4v) is 2.46. The van der Waals surface area contributed by atoms with Crippen LogP contribution in [0.1, 0.15) is 19.3 Å². The van der Waals surface area contributed by atoms with Crippen molar-refractivity contribution >= 4 is 21.9 Å². The normalized spacial score (nSPS) is 30.4. The highest BCUT2D eigenvalue weighted by Gasteiger charge is 2.32. The molecule has 3 heteroatoms. The van der Waals surface area contributed by atoms with Crippen molar-refractivity contribution < 1.29 is 9.53 Å². The molecule has 1 saturated carbocycles. The second-order valence-electron chi connectivity index (χ2n) is 2.97. The largest absolute Gasteiger partial charge is 0.469 e. The minimum Gasteiger partial charge on any atom is -0.469 e. The third kappa shape index (κ3) is 1.95. The molecule has 1 aliphatic rings. The van der Waals surface area contributed by atoms with Crippen molar-refractivity contribution in [3.8, 4) is 0 Å². The molecule has 1 rings (SSSR count). The van der Waals surface area contributed by atoms with Crippen molar-refractivity contribution in [2.45, 2.75) is 19.3 Å². The summed E-state index contributed by atoms with van der Waals surface area (Å²) < 4.78 is 4.71. The van der Waals surface area contributed by atoms with Gasteiger partial charge in [0.1, 0.15) is 0 Å². The van der Waals surface area contributed by atoms with Gasteiger partial charge in [0.15, 0.2) is 0 Å². The summed E-state index contributed by atoms with van der Waals surface area (Å²) in [5.74, 6) is 0.619. The van der Waals surface area contributed by atoms with Gasteiger partial charge in [-0.1, -0.05) is 22.4 Å². The van der Waals surface area contributed by atoms with Gasteiger partial charge in [-0.2, -0.15) is 0 Å². The van der Waals surface area contributed by atoms with Crippen LogP contribution >= 0.6 is 15.9 Å². The monoisotopic (exact) mass is 220 g/mol. The Morgan fingerprint density at radius 3 is 2.91 bits per heavy atom. The Morgan fingerprint density at radius 1 is 1.64 bits per heavy atom. The summed E-state index contributed by atoms with van der Waals surface area (Å²) in [6.07, 6.45) is 3.32. The molecule has 0 aromatic rings. The van der Waals surface area contributed by atoms with Crippen LogP contribution in [-0.2, 0) is 9.53 Å². The van der Waals surface area contributed by atoms with Crippen molar-refractivity contribution in [2.24, 2.45) is 11.8 Å². The highest BCUT2D eigenvalue weighted by molar-refractivity contribution is 9.09. The van der Waals surface area contributed by atoms with Gasteiger partial charge in [-0.05, 0) is 18.8 Å². The molecule has 0 radical (unpaired) electrons.